The van der Waals surface area contributed by atoms with Gasteiger partial charge in [-0.15, -0.1) is 0 Å². The molecule has 0 N–H and O–H groups in total. The van der Waals surface area contributed by atoms with Crippen LogP contribution in [0.5, 0.6) is 0 Å². The normalized spacial score (nSPS) is 25.4. The molecule has 2 aliphatic rings. The van der Waals surface area contributed by atoms with Gasteiger partial charge in [0.05, 0.1) is 5.94 Å². The molecule has 0 amide bonds. The van der Waals surface area contributed by atoms with Crippen LogP contribution in [0.1, 0.15) is 69.1 Å². The fraction of sp³-hybridized carbons (Fsp3) is 0.467. The van der Waals surface area contributed by atoms with E-state index < -0.39 is 54.4 Å². The van der Waals surface area contributed by atoms with Crippen LogP contribution in [-0.2, 0) is 54.0 Å². The van der Waals surface area contributed by atoms with Gasteiger partial charge in [0, 0.05) is 32.6 Å². The van der Waals surface area contributed by atoms with Crippen LogP contribution in [0.3, 0.4) is 0 Å². The Balaban J connectivity index is 1.78. The fourth-order valence-electron chi connectivity index (χ4n) is 5.04. The van der Waals surface area contributed by atoms with E-state index in [0.29, 0.717) is 11.5 Å². The fourth-order valence-corrected chi connectivity index (χ4v) is 5.86. The topological polar surface area (TPSA) is 124 Å². The van der Waals surface area contributed by atoms with Crippen LogP contribution in [0.25, 0.3) is 0 Å². The van der Waals surface area contributed by atoms with Gasteiger partial charge in [0.15, 0.2) is 18.3 Å². The first-order valence-electron chi connectivity index (χ1n) is 13.3. The summed E-state index contributed by atoms with van der Waals surface area (Å²) in [6.45, 7) is 6.66. The monoisotopic (exact) mass is 586 g/mol. The van der Waals surface area contributed by atoms with Crippen molar-refractivity contribution >= 4 is 35.6 Å². The number of ether oxygens (including phenoxy) is 6. The van der Waals surface area contributed by atoms with E-state index in [0.717, 1.165) is 22.4 Å². The Bertz CT molecular complexity index is 1280. The van der Waals surface area contributed by atoms with E-state index in [1.54, 1.807) is 11.8 Å². The molecule has 2 aliphatic heterocycles. The Labute approximate surface area is 242 Å². The van der Waals surface area contributed by atoms with E-state index in [1.165, 1.54) is 33.3 Å². The number of thioether (sulfide) groups is 1. The SMILES string of the molecule is CCc1ccc(C2OCSc3ccc(C4OC(COC(C)=O)C(OC(C)=O)C(OC(C)=O)C4OC(C)=O)cc32)cc1. The number of hydrogen-bond donors (Lipinski definition) is 0. The number of carbonyl (C=O) groups excluding carboxylic acids is 4. The molecule has 0 saturated carbocycles. The summed E-state index contributed by atoms with van der Waals surface area (Å²) in [6, 6.07) is 13.9. The van der Waals surface area contributed by atoms with Crippen molar-refractivity contribution in [1.29, 1.82) is 0 Å². The molecule has 6 unspecified atom stereocenters. The number of fused-ring (bicyclic) bond motifs is 1. The van der Waals surface area contributed by atoms with Crippen molar-refractivity contribution in [1.82, 2.24) is 0 Å². The quantitative estimate of drug-likeness (QED) is 0.326. The number of carbonyl (C=O) groups is 4. The third-order valence-corrected chi connectivity index (χ3v) is 7.71. The van der Waals surface area contributed by atoms with Crippen molar-refractivity contribution in [3.8, 4) is 0 Å². The lowest BCUT2D eigenvalue weighted by Gasteiger charge is -2.44. The predicted molar refractivity (Wildman–Crippen MR) is 147 cm³/mol. The van der Waals surface area contributed by atoms with Crippen molar-refractivity contribution in [3.05, 3.63) is 64.7 Å². The molecule has 0 spiro atoms. The molecule has 6 atom stereocenters. The van der Waals surface area contributed by atoms with Gasteiger partial charge in [-0.05, 0) is 40.8 Å². The highest BCUT2D eigenvalue weighted by atomic mass is 32.2. The molecular formula is C30H34O10S. The van der Waals surface area contributed by atoms with Crippen LogP contribution in [0, 0.1) is 0 Å². The highest BCUT2D eigenvalue weighted by Crippen LogP contribution is 2.43. The van der Waals surface area contributed by atoms with Gasteiger partial charge in [-0.25, -0.2) is 0 Å². The number of hydrogen-bond acceptors (Lipinski definition) is 11. The van der Waals surface area contributed by atoms with Crippen LogP contribution in [0.15, 0.2) is 47.4 Å². The van der Waals surface area contributed by atoms with Gasteiger partial charge in [-0.3, -0.25) is 19.2 Å². The van der Waals surface area contributed by atoms with Crippen LogP contribution in [0.4, 0.5) is 0 Å². The molecule has 0 aliphatic carbocycles. The summed E-state index contributed by atoms with van der Waals surface area (Å²) in [5.41, 5.74) is 3.71. The summed E-state index contributed by atoms with van der Waals surface area (Å²) in [6.07, 6.45) is -5.03. The third-order valence-electron chi connectivity index (χ3n) is 6.78. The van der Waals surface area contributed by atoms with Crippen LogP contribution in [-0.4, -0.2) is 60.8 Å². The van der Waals surface area contributed by atoms with Gasteiger partial charge in [0.2, 0.25) is 0 Å². The van der Waals surface area contributed by atoms with Gasteiger partial charge in [-0.2, -0.15) is 0 Å². The first-order chi connectivity index (χ1) is 19.6. The molecule has 2 aromatic carbocycles. The molecule has 10 nitrogen and oxygen atoms in total. The predicted octanol–water partition coefficient (Wildman–Crippen LogP) is 4.22. The van der Waals surface area contributed by atoms with E-state index >= 15 is 0 Å². The van der Waals surface area contributed by atoms with Gasteiger partial charge in [0.25, 0.3) is 0 Å². The lowest BCUT2D eigenvalue weighted by molar-refractivity contribution is -0.254. The van der Waals surface area contributed by atoms with Crippen LogP contribution in [0.2, 0.25) is 0 Å². The Morgan fingerprint density at radius 2 is 1.41 bits per heavy atom. The maximum absolute atomic E-state index is 12.2. The molecular weight excluding hydrogens is 552 g/mol. The van der Waals surface area contributed by atoms with E-state index in [4.69, 9.17) is 28.4 Å². The average Bonchev–Trinajstić information content (AvgIpc) is 2.93. The zero-order valence-electron chi connectivity index (χ0n) is 23.6. The Morgan fingerprint density at radius 1 is 0.805 bits per heavy atom. The largest absolute Gasteiger partial charge is 0.463 e. The molecule has 1 fully saturated rings. The molecule has 2 heterocycles. The number of rotatable bonds is 8. The van der Waals surface area contributed by atoms with Crippen molar-refractivity contribution in [2.24, 2.45) is 0 Å². The zero-order chi connectivity index (χ0) is 29.7. The summed E-state index contributed by atoms with van der Waals surface area (Å²) in [4.78, 5) is 49.1. The minimum Gasteiger partial charge on any atom is -0.463 e. The van der Waals surface area contributed by atoms with Crippen LogP contribution >= 0.6 is 11.8 Å². The highest BCUT2D eigenvalue weighted by molar-refractivity contribution is 7.99. The summed E-state index contributed by atoms with van der Waals surface area (Å²) >= 11 is 1.56. The van der Waals surface area contributed by atoms with E-state index in [2.05, 4.69) is 19.1 Å². The lowest BCUT2D eigenvalue weighted by atomic mass is 9.88. The third kappa shape index (κ3) is 7.46. The molecule has 1 saturated heterocycles. The van der Waals surface area contributed by atoms with Crippen molar-refractivity contribution in [2.75, 3.05) is 12.5 Å². The maximum Gasteiger partial charge on any atom is 0.303 e. The van der Waals surface area contributed by atoms with E-state index in [9.17, 15) is 19.2 Å². The highest BCUT2D eigenvalue weighted by Gasteiger charge is 2.52. The molecule has 41 heavy (non-hydrogen) atoms. The Kier molecular flexibility index (Phi) is 10.1. The van der Waals surface area contributed by atoms with Gasteiger partial charge >= 0.3 is 23.9 Å². The molecule has 0 bridgehead atoms. The lowest BCUT2D eigenvalue weighted by Crippen LogP contribution is -2.59. The molecule has 2 aromatic rings. The molecule has 4 rings (SSSR count). The first-order valence-corrected chi connectivity index (χ1v) is 14.3. The van der Waals surface area contributed by atoms with Gasteiger partial charge in [-0.1, -0.05) is 49.0 Å². The van der Waals surface area contributed by atoms with Crippen LogP contribution < -0.4 is 0 Å². The molecule has 0 aromatic heterocycles. The maximum atomic E-state index is 12.2. The Morgan fingerprint density at radius 3 is 2.02 bits per heavy atom. The second kappa shape index (κ2) is 13.5. The van der Waals surface area contributed by atoms with E-state index in [-0.39, 0.29) is 12.7 Å². The minimum atomic E-state index is -1.24. The smallest absolute Gasteiger partial charge is 0.303 e. The van der Waals surface area contributed by atoms with Crippen molar-refractivity contribution < 1.29 is 47.6 Å². The summed E-state index contributed by atoms with van der Waals surface area (Å²) in [5, 5.41) is 0. The van der Waals surface area contributed by atoms with E-state index in [1.807, 2.05) is 30.3 Å². The summed E-state index contributed by atoms with van der Waals surface area (Å²) < 4.78 is 34.5. The number of benzene rings is 2. The number of aryl methyl sites for hydroxylation is 1. The molecule has 0 radical (unpaired) electrons. The second-order valence-corrected chi connectivity index (χ2v) is 10.8. The first kappa shape index (κ1) is 30.5. The van der Waals surface area contributed by atoms with Gasteiger partial charge < -0.3 is 28.4 Å². The average molecular weight is 587 g/mol. The zero-order valence-corrected chi connectivity index (χ0v) is 24.4. The van der Waals surface area contributed by atoms with Crippen molar-refractivity contribution in [2.45, 2.75) is 82.6 Å². The molecule has 11 heteroatoms. The standard InChI is InChI=1S/C30H34O10S/c1-6-20-7-9-21(10-8-20)26-23-13-22(11-12-25(23)41-15-36-26)27-29(38-18(4)33)30(39-19(5)34)28(37-17(3)32)24(40-27)14-35-16(2)31/h7-13,24,26-30H,6,14-15H2,1-5H3. The van der Waals surface area contributed by atoms with Gasteiger partial charge in [0.1, 0.15) is 24.9 Å². The summed E-state index contributed by atoms with van der Waals surface area (Å²) in [7, 11) is 0. The number of esters is 4. The minimum absolute atomic E-state index is 0.287. The van der Waals surface area contributed by atoms with Crippen molar-refractivity contribution in [3.63, 3.8) is 0 Å². The molecule has 220 valence electrons. The Hall–Kier alpha value is -3.41. The second-order valence-electron chi connectivity index (χ2n) is 9.82. The summed E-state index contributed by atoms with van der Waals surface area (Å²) in [5.74, 6) is -2.10.